The first-order valence-corrected chi connectivity index (χ1v) is 8.44. The van der Waals surface area contributed by atoms with Gasteiger partial charge in [-0.15, -0.1) is 0 Å². The summed E-state index contributed by atoms with van der Waals surface area (Å²) in [5, 5.41) is 3.21. The maximum Gasteiger partial charge on any atom is 0.251 e. The summed E-state index contributed by atoms with van der Waals surface area (Å²) in [6.07, 6.45) is 3.26. The molecule has 2 aromatic carbocycles. The van der Waals surface area contributed by atoms with Gasteiger partial charge in [-0.2, -0.15) is 0 Å². The highest BCUT2D eigenvalue weighted by atomic mass is 16.1. The summed E-state index contributed by atoms with van der Waals surface area (Å²) in [7, 11) is 0. The van der Waals surface area contributed by atoms with Crippen LogP contribution in [0, 0.1) is 0 Å². The van der Waals surface area contributed by atoms with Gasteiger partial charge in [-0.25, -0.2) is 0 Å². The number of nitrogens with one attached hydrogen (secondary N) is 1. The molecule has 3 rings (SSSR count). The lowest BCUT2D eigenvalue weighted by atomic mass is 9.86. The number of rotatable bonds is 2. The molecular weight excluding hydrogens is 282 g/mol. The normalized spacial score (nSPS) is 17.4. The second-order valence-corrected chi connectivity index (χ2v) is 7.44. The maximum absolute atomic E-state index is 12.6. The van der Waals surface area contributed by atoms with Gasteiger partial charge in [0.05, 0.1) is 6.04 Å². The third kappa shape index (κ3) is 3.47. The Kier molecular flexibility index (Phi) is 4.25. The quantitative estimate of drug-likeness (QED) is 0.849. The molecule has 0 aromatic heterocycles. The molecule has 0 fully saturated rings. The van der Waals surface area contributed by atoms with E-state index in [2.05, 4.69) is 62.5 Å². The smallest absolute Gasteiger partial charge is 0.251 e. The second kappa shape index (κ2) is 6.19. The molecule has 2 nitrogen and oxygen atoms in total. The van der Waals surface area contributed by atoms with Crippen LogP contribution in [0.5, 0.6) is 0 Å². The van der Waals surface area contributed by atoms with Crippen LogP contribution >= 0.6 is 0 Å². The summed E-state index contributed by atoms with van der Waals surface area (Å²) in [6.45, 7) is 6.54. The molecule has 0 saturated carbocycles. The van der Waals surface area contributed by atoms with Crippen molar-refractivity contribution in [1.29, 1.82) is 0 Å². The van der Waals surface area contributed by atoms with Crippen LogP contribution in [0.15, 0.2) is 48.5 Å². The van der Waals surface area contributed by atoms with E-state index in [4.69, 9.17) is 0 Å². The van der Waals surface area contributed by atoms with Crippen LogP contribution in [-0.4, -0.2) is 5.91 Å². The SMILES string of the molecule is CC(C)(C)c1ccc(C(=O)NC2CCCc3ccccc32)cc1. The van der Waals surface area contributed by atoms with Crippen molar-refractivity contribution in [2.75, 3.05) is 0 Å². The molecule has 1 aliphatic carbocycles. The lowest BCUT2D eigenvalue weighted by Crippen LogP contribution is -2.31. The van der Waals surface area contributed by atoms with Crippen molar-refractivity contribution in [2.45, 2.75) is 51.5 Å². The number of benzene rings is 2. The maximum atomic E-state index is 12.6. The Balaban J connectivity index is 1.75. The van der Waals surface area contributed by atoms with Gasteiger partial charge in [0.1, 0.15) is 0 Å². The van der Waals surface area contributed by atoms with E-state index in [1.807, 2.05) is 12.1 Å². The zero-order valence-corrected chi connectivity index (χ0v) is 14.2. The number of carbonyl (C=O) groups is 1. The minimum absolute atomic E-state index is 0.0205. The summed E-state index contributed by atoms with van der Waals surface area (Å²) in [4.78, 5) is 12.6. The van der Waals surface area contributed by atoms with Gasteiger partial charge in [0.2, 0.25) is 0 Å². The minimum Gasteiger partial charge on any atom is -0.345 e. The monoisotopic (exact) mass is 307 g/mol. The Bertz CT molecular complexity index is 695. The zero-order valence-electron chi connectivity index (χ0n) is 14.2. The van der Waals surface area contributed by atoms with Crippen molar-refractivity contribution in [1.82, 2.24) is 5.32 Å². The van der Waals surface area contributed by atoms with Crippen LogP contribution in [-0.2, 0) is 11.8 Å². The number of carbonyl (C=O) groups excluding carboxylic acids is 1. The van der Waals surface area contributed by atoms with Crippen LogP contribution in [0.4, 0.5) is 0 Å². The number of aryl methyl sites for hydroxylation is 1. The van der Waals surface area contributed by atoms with Gasteiger partial charge in [-0.05, 0) is 53.5 Å². The molecule has 0 aliphatic heterocycles. The number of fused-ring (bicyclic) bond motifs is 1. The van der Waals surface area contributed by atoms with Gasteiger partial charge in [0.15, 0.2) is 0 Å². The van der Waals surface area contributed by atoms with Gasteiger partial charge < -0.3 is 5.32 Å². The molecule has 1 amide bonds. The Morgan fingerprint density at radius 1 is 1.04 bits per heavy atom. The van der Waals surface area contributed by atoms with Gasteiger partial charge in [0, 0.05) is 5.56 Å². The van der Waals surface area contributed by atoms with Crippen LogP contribution in [0.1, 0.15) is 66.7 Å². The average Bonchev–Trinajstić information content (AvgIpc) is 2.54. The van der Waals surface area contributed by atoms with Crippen LogP contribution < -0.4 is 5.32 Å². The number of hydrogen-bond acceptors (Lipinski definition) is 1. The van der Waals surface area contributed by atoms with Crippen molar-refractivity contribution < 1.29 is 4.79 Å². The van der Waals surface area contributed by atoms with Gasteiger partial charge >= 0.3 is 0 Å². The summed E-state index contributed by atoms with van der Waals surface area (Å²) < 4.78 is 0. The molecule has 2 aromatic rings. The van der Waals surface area contributed by atoms with Gasteiger partial charge in [-0.3, -0.25) is 4.79 Å². The van der Waals surface area contributed by atoms with E-state index in [0.717, 1.165) is 24.8 Å². The molecule has 0 heterocycles. The van der Waals surface area contributed by atoms with E-state index in [1.54, 1.807) is 0 Å². The van der Waals surface area contributed by atoms with E-state index >= 15 is 0 Å². The first-order chi connectivity index (χ1) is 10.9. The molecular formula is C21H25NO. The van der Waals surface area contributed by atoms with Crippen molar-refractivity contribution in [2.24, 2.45) is 0 Å². The van der Waals surface area contributed by atoms with E-state index in [0.29, 0.717) is 0 Å². The molecule has 1 atom stereocenters. The lowest BCUT2D eigenvalue weighted by Gasteiger charge is -2.26. The first-order valence-electron chi connectivity index (χ1n) is 8.44. The predicted molar refractivity (Wildman–Crippen MR) is 94.7 cm³/mol. The summed E-state index contributed by atoms with van der Waals surface area (Å²) in [5.74, 6) is 0.0205. The molecule has 0 spiro atoms. The fourth-order valence-corrected chi connectivity index (χ4v) is 3.27. The van der Waals surface area contributed by atoms with Crippen molar-refractivity contribution in [3.8, 4) is 0 Å². The van der Waals surface area contributed by atoms with Crippen molar-refractivity contribution in [3.63, 3.8) is 0 Å². The highest BCUT2D eigenvalue weighted by Crippen LogP contribution is 2.30. The summed E-state index contributed by atoms with van der Waals surface area (Å²) in [6, 6.07) is 16.6. The summed E-state index contributed by atoms with van der Waals surface area (Å²) >= 11 is 0. The van der Waals surface area contributed by atoms with Crippen LogP contribution in [0.2, 0.25) is 0 Å². The lowest BCUT2D eigenvalue weighted by molar-refractivity contribution is 0.0932. The second-order valence-electron chi connectivity index (χ2n) is 7.44. The zero-order chi connectivity index (χ0) is 16.4. The average molecular weight is 307 g/mol. The van der Waals surface area contributed by atoms with Crippen LogP contribution in [0.25, 0.3) is 0 Å². The van der Waals surface area contributed by atoms with Crippen molar-refractivity contribution >= 4 is 5.91 Å². The van der Waals surface area contributed by atoms with Crippen molar-refractivity contribution in [3.05, 3.63) is 70.8 Å². The molecule has 0 saturated heterocycles. The molecule has 0 radical (unpaired) electrons. The standard InChI is InChI=1S/C21H25NO/c1-21(2,3)17-13-11-16(12-14-17)20(23)22-19-10-6-8-15-7-4-5-9-18(15)19/h4-5,7,9,11-14,19H,6,8,10H2,1-3H3,(H,22,23). The van der Waals surface area contributed by atoms with Gasteiger partial charge in [-0.1, -0.05) is 57.2 Å². The third-order valence-corrected chi connectivity index (χ3v) is 4.69. The molecule has 1 aliphatic rings. The molecule has 120 valence electrons. The third-order valence-electron chi connectivity index (χ3n) is 4.69. The Labute approximate surface area is 138 Å². The summed E-state index contributed by atoms with van der Waals surface area (Å²) in [5.41, 5.74) is 4.74. The Morgan fingerprint density at radius 2 is 1.74 bits per heavy atom. The predicted octanol–water partition coefficient (Wildman–Crippen LogP) is 4.79. The first kappa shape index (κ1) is 15.8. The number of amides is 1. The number of hydrogen-bond donors (Lipinski definition) is 1. The minimum atomic E-state index is 0.0205. The van der Waals surface area contributed by atoms with E-state index in [1.165, 1.54) is 16.7 Å². The fourth-order valence-electron chi connectivity index (χ4n) is 3.27. The van der Waals surface area contributed by atoms with Gasteiger partial charge in [0.25, 0.3) is 5.91 Å². The molecule has 23 heavy (non-hydrogen) atoms. The Morgan fingerprint density at radius 3 is 2.43 bits per heavy atom. The highest BCUT2D eigenvalue weighted by molar-refractivity contribution is 5.94. The highest BCUT2D eigenvalue weighted by Gasteiger charge is 2.22. The van der Waals surface area contributed by atoms with Crippen LogP contribution in [0.3, 0.4) is 0 Å². The molecule has 0 bridgehead atoms. The molecule has 1 N–H and O–H groups in total. The van der Waals surface area contributed by atoms with E-state index in [-0.39, 0.29) is 17.4 Å². The van der Waals surface area contributed by atoms with E-state index < -0.39 is 0 Å². The fraction of sp³-hybridized carbons (Fsp3) is 0.381. The topological polar surface area (TPSA) is 29.1 Å². The Hall–Kier alpha value is -2.09. The molecule has 2 heteroatoms. The largest absolute Gasteiger partial charge is 0.345 e. The van der Waals surface area contributed by atoms with E-state index in [9.17, 15) is 4.79 Å². The molecule has 1 unspecified atom stereocenters.